The van der Waals surface area contributed by atoms with Gasteiger partial charge in [-0.15, -0.1) is 0 Å². The van der Waals surface area contributed by atoms with Gasteiger partial charge in [-0.1, -0.05) is 49.7 Å². The van der Waals surface area contributed by atoms with Gasteiger partial charge in [0.15, 0.2) is 0 Å². The second kappa shape index (κ2) is 8.00. The highest BCUT2D eigenvalue weighted by Gasteiger charge is 2.24. The molecular weight excluding hydrogens is 322 g/mol. The van der Waals surface area contributed by atoms with Crippen LogP contribution in [0.15, 0.2) is 54.9 Å². The maximum absolute atomic E-state index is 12.3. The van der Waals surface area contributed by atoms with E-state index in [1.165, 1.54) is 5.56 Å². The Morgan fingerprint density at radius 1 is 1.15 bits per heavy atom. The molecule has 0 saturated carbocycles. The van der Waals surface area contributed by atoms with E-state index in [1.54, 1.807) is 6.20 Å². The van der Waals surface area contributed by atoms with Crippen molar-refractivity contribution in [1.29, 1.82) is 0 Å². The number of hydrogen-bond acceptors (Lipinski definition) is 2. The minimum Gasteiger partial charge on any atom is -0.366 e. The molecule has 0 bridgehead atoms. The van der Waals surface area contributed by atoms with Gasteiger partial charge in [-0.3, -0.25) is 9.78 Å². The Hall–Kier alpha value is -2.88. The minimum absolute atomic E-state index is 0.383. The van der Waals surface area contributed by atoms with Gasteiger partial charge in [-0.05, 0) is 31.4 Å². The van der Waals surface area contributed by atoms with E-state index in [0.717, 1.165) is 48.3 Å². The third-order valence-electron chi connectivity index (χ3n) is 4.78. The van der Waals surface area contributed by atoms with Gasteiger partial charge in [0.05, 0.1) is 5.56 Å². The lowest BCUT2D eigenvalue weighted by molar-refractivity contribution is 0.1000. The van der Waals surface area contributed by atoms with Crippen molar-refractivity contribution < 1.29 is 4.79 Å². The lowest BCUT2D eigenvalue weighted by atomic mass is 9.99. The maximum atomic E-state index is 12.3. The average molecular weight is 347 g/mol. The molecule has 4 nitrogen and oxygen atoms in total. The number of aromatic nitrogens is 2. The Morgan fingerprint density at radius 3 is 2.54 bits per heavy atom. The molecule has 134 valence electrons. The first-order valence-electron chi connectivity index (χ1n) is 9.09. The highest BCUT2D eigenvalue weighted by molar-refractivity contribution is 6.02. The van der Waals surface area contributed by atoms with E-state index in [1.807, 2.05) is 43.5 Å². The van der Waals surface area contributed by atoms with Crippen molar-refractivity contribution in [2.45, 2.75) is 39.7 Å². The predicted molar refractivity (Wildman–Crippen MR) is 105 cm³/mol. The number of carbonyl (C=O) groups excluding carboxylic acids is 1. The molecule has 1 aromatic carbocycles. The molecule has 0 spiro atoms. The van der Waals surface area contributed by atoms with Gasteiger partial charge >= 0.3 is 0 Å². The SMILES string of the molecule is CCCCc1c(-c2cccnc2)c(C(N)=O)c(C)n1Cc1ccccc1. The second-order valence-electron chi connectivity index (χ2n) is 6.56. The number of hydrogen-bond donors (Lipinski definition) is 1. The summed E-state index contributed by atoms with van der Waals surface area (Å²) in [5, 5.41) is 0. The molecule has 3 rings (SSSR count). The Labute approximate surface area is 154 Å². The van der Waals surface area contributed by atoms with Crippen molar-refractivity contribution in [3.63, 3.8) is 0 Å². The quantitative estimate of drug-likeness (QED) is 0.691. The molecule has 0 unspecified atom stereocenters. The van der Waals surface area contributed by atoms with Crippen LogP contribution in [0.4, 0.5) is 0 Å². The molecule has 0 aliphatic carbocycles. The first-order chi connectivity index (χ1) is 12.6. The van der Waals surface area contributed by atoms with Gasteiger partial charge in [-0.2, -0.15) is 0 Å². The number of unbranched alkanes of at least 4 members (excludes halogenated alkanes) is 1. The number of nitrogens with two attached hydrogens (primary N) is 1. The summed E-state index contributed by atoms with van der Waals surface area (Å²) in [5.41, 5.74) is 11.6. The minimum atomic E-state index is -0.383. The number of amides is 1. The first kappa shape index (κ1) is 17.9. The maximum Gasteiger partial charge on any atom is 0.251 e. The number of benzene rings is 1. The van der Waals surface area contributed by atoms with Crippen molar-refractivity contribution >= 4 is 5.91 Å². The summed E-state index contributed by atoms with van der Waals surface area (Å²) < 4.78 is 2.24. The van der Waals surface area contributed by atoms with Gasteiger partial charge in [0.2, 0.25) is 0 Å². The van der Waals surface area contributed by atoms with Gasteiger partial charge in [0.25, 0.3) is 5.91 Å². The molecule has 0 saturated heterocycles. The van der Waals surface area contributed by atoms with Crippen LogP contribution in [-0.2, 0) is 13.0 Å². The smallest absolute Gasteiger partial charge is 0.251 e. The van der Waals surface area contributed by atoms with Crippen LogP contribution < -0.4 is 5.73 Å². The number of carbonyl (C=O) groups is 1. The molecule has 0 aliphatic rings. The summed E-state index contributed by atoms with van der Waals surface area (Å²) in [7, 11) is 0. The fourth-order valence-corrected chi connectivity index (χ4v) is 3.50. The van der Waals surface area contributed by atoms with E-state index in [9.17, 15) is 4.79 Å². The number of primary amides is 1. The van der Waals surface area contributed by atoms with Crippen LogP contribution in [-0.4, -0.2) is 15.5 Å². The summed E-state index contributed by atoms with van der Waals surface area (Å²) in [5.74, 6) is -0.383. The third kappa shape index (κ3) is 3.54. The third-order valence-corrected chi connectivity index (χ3v) is 4.78. The normalized spacial score (nSPS) is 10.8. The lowest BCUT2D eigenvalue weighted by Crippen LogP contribution is -2.13. The van der Waals surface area contributed by atoms with Gasteiger partial charge in [0, 0.05) is 41.5 Å². The first-order valence-corrected chi connectivity index (χ1v) is 9.09. The molecule has 0 atom stereocenters. The molecule has 1 amide bonds. The van der Waals surface area contributed by atoms with E-state index in [0.29, 0.717) is 5.56 Å². The van der Waals surface area contributed by atoms with Gasteiger partial charge in [-0.25, -0.2) is 0 Å². The largest absolute Gasteiger partial charge is 0.366 e. The fraction of sp³-hybridized carbons (Fsp3) is 0.273. The number of nitrogens with zero attached hydrogens (tertiary/aromatic N) is 2. The summed E-state index contributed by atoms with van der Waals surface area (Å²) in [6.45, 7) is 4.89. The van der Waals surface area contributed by atoms with Crippen LogP contribution >= 0.6 is 0 Å². The summed E-state index contributed by atoms with van der Waals surface area (Å²) >= 11 is 0. The molecule has 3 aromatic rings. The second-order valence-corrected chi connectivity index (χ2v) is 6.56. The summed E-state index contributed by atoms with van der Waals surface area (Å²) in [6, 6.07) is 14.2. The summed E-state index contributed by atoms with van der Waals surface area (Å²) in [4.78, 5) is 16.5. The van der Waals surface area contributed by atoms with Crippen molar-refractivity contribution in [2.24, 2.45) is 5.73 Å². The molecule has 0 radical (unpaired) electrons. The van der Waals surface area contributed by atoms with E-state index < -0.39 is 0 Å². The predicted octanol–water partition coefficient (Wildman–Crippen LogP) is 4.35. The zero-order chi connectivity index (χ0) is 18.5. The summed E-state index contributed by atoms with van der Waals surface area (Å²) in [6.07, 6.45) is 6.61. The van der Waals surface area contributed by atoms with Crippen molar-refractivity contribution in [2.75, 3.05) is 0 Å². The van der Waals surface area contributed by atoms with Gasteiger partial charge in [0.1, 0.15) is 0 Å². The van der Waals surface area contributed by atoms with Crippen LogP contribution in [0.5, 0.6) is 0 Å². The molecular formula is C22H25N3O. The van der Waals surface area contributed by atoms with Crippen LogP contribution in [0.25, 0.3) is 11.1 Å². The Morgan fingerprint density at radius 2 is 1.92 bits per heavy atom. The molecule has 2 heterocycles. The zero-order valence-electron chi connectivity index (χ0n) is 15.4. The van der Waals surface area contributed by atoms with Crippen LogP contribution in [0.3, 0.4) is 0 Å². The van der Waals surface area contributed by atoms with Crippen molar-refractivity contribution in [3.8, 4) is 11.1 Å². The molecule has 26 heavy (non-hydrogen) atoms. The molecule has 2 N–H and O–H groups in total. The Kier molecular flexibility index (Phi) is 5.52. The molecule has 0 fully saturated rings. The monoisotopic (exact) mass is 347 g/mol. The highest BCUT2D eigenvalue weighted by Crippen LogP contribution is 2.34. The highest BCUT2D eigenvalue weighted by atomic mass is 16.1. The van der Waals surface area contributed by atoms with Crippen molar-refractivity contribution in [1.82, 2.24) is 9.55 Å². The van der Waals surface area contributed by atoms with Crippen LogP contribution in [0.2, 0.25) is 0 Å². The zero-order valence-corrected chi connectivity index (χ0v) is 15.4. The van der Waals surface area contributed by atoms with E-state index >= 15 is 0 Å². The topological polar surface area (TPSA) is 60.9 Å². The molecule has 0 aliphatic heterocycles. The molecule has 4 heteroatoms. The Bertz CT molecular complexity index is 883. The number of pyridine rings is 1. The fourth-order valence-electron chi connectivity index (χ4n) is 3.50. The lowest BCUT2D eigenvalue weighted by Gasteiger charge is -2.13. The van der Waals surface area contributed by atoms with Crippen molar-refractivity contribution in [3.05, 3.63) is 77.4 Å². The number of rotatable bonds is 7. The molecule has 2 aromatic heterocycles. The van der Waals surface area contributed by atoms with Gasteiger partial charge < -0.3 is 10.3 Å². The van der Waals surface area contributed by atoms with E-state index in [4.69, 9.17) is 5.73 Å². The van der Waals surface area contributed by atoms with E-state index in [-0.39, 0.29) is 5.91 Å². The Balaban J connectivity index is 2.21. The van der Waals surface area contributed by atoms with Crippen LogP contribution in [0.1, 0.15) is 47.1 Å². The van der Waals surface area contributed by atoms with E-state index in [2.05, 4.69) is 28.6 Å². The van der Waals surface area contributed by atoms with Crippen LogP contribution in [0, 0.1) is 6.92 Å². The average Bonchev–Trinajstić information content (AvgIpc) is 2.93. The standard InChI is InChI=1S/C22H25N3O/c1-3-4-12-19-21(18-11-8-13-24-14-18)20(22(23)26)16(2)25(19)15-17-9-6-5-7-10-17/h5-11,13-14H,3-4,12,15H2,1-2H3,(H2,23,26).